The highest BCUT2D eigenvalue weighted by molar-refractivity contribution is 6.19. The molecule has 0 saturated heterocycles. The van der Waals surface area contributed by atoms with Crippen LogP contribution in [0, 0.1) is 0 Å². The first-order chi connectivity index (χ1) is 16.6. The van der Waals surface area contributed by atoms with Gasteiger partial charge in [0.15, 0.2) is 0 Å². The van der Waals surface area contributed by atoms with Gasteiger partial charge in [-0.05, 0) is 78.9 Å². The number of hydrogen-bond donors (Lipinski definition) is 0. The van der Waals surface area contributed by atoms with E-state index in [4.69, 9.17) is 4.99 Å². The molecule has 1 aliphatic rings. The van der Waals surface area contributed by atoms with Gasteiger partial charge in [0.1, 0.15) is 0 Å². The van der Waals surface area contributed by atoms with Crippen LogP contribution in [0.25, 0.3) is 11.1 Å². The number of benzene rings is 3. The van der Waals surface area contributed by atoms with E-state index in [0.29, 0.717) is 0 Å². The molecule has 3 aromatic carbocycles. The molecule has 0 spiro atoms. The number of anilines is 2. The Labute approximate surface area is 204 Å². The van der Waals surface area contributed by atoms with Crippen molar-refractivity contribution in [1.29, 1.82) is 0 Å². The molecule has 3 heteroatoms. The molecule has 0 aromatic heterocycles. The minimum atomic E-state index is 0.777. The highest BCUT2D eigenvalue weighted by atomic mass is 15.1. The van der Waals surface area contributed by atoms with Crippen molar-refractivity contribution in [2.75, 3.05) is 43.5 Å². The van der Waals surface area contributed by atoms with Crippen molar-refractivity contribution in [2.45, 2.75) is 20.8 Å². The summed E-state index contributed by atoms with van der Waals surface area (Å²) in [5, 5.41) is 0. The molecule has 0 fully saturated rings. The third kappa shape index (κ3) is 4.70. The molecule has 0 N–H and O–H groups in total. The molecule has 174 valence electrons. The molecule has 0 heterocycles. The van der Waals surface area contributed by atoms with Crippen LogP contribution in [0.2, 0.25) is 0 Å². The van der Waals surface area contributed by atoms with Gasteiger partial charge >= 0.3 is 0 Å². The predicted octanol–water partition coefficient (Wildman–Crippen LogP) is 6.94. The molecule has 0 radical (unpaired) electrons. The van der Waals surface area contributed by atoms with E-state index in [9.17, 15) is 0 Å². The van der Waals surface area contributed by atoms with Crippen LogP contribution in [-0.4, -0.2) is 39.4 Å². The number of hydrogen-bond acceptors (Lipinski definition) is 3. The van der Waals surface area contributed by atoms with Crippen LogP contribution in [0.4, 0.5) is 11.4 Å². The summed E-state index contributed by atoms with van der Waals surface area (Å²) < 4.78 is 0. The molecule has 0 atom stereocenters. The SMILES string of the molecule is CCN=C1C=CC(=C(c2ccc(N(C)CC)cc2)c2ccc(N(C)CC)cc2)c2ccccc21. The zero-order chi connectivity index (χ0) is 24.1. The number of allylic oxidation sites excluding steroid dienone is 3. The third-order valence-electron chi connectivity index (χ3n) is 6.64. The second kappa shape index (κ2) is 10.6. The average Bonchev–Trinajstić information content (AvgIpc) is 2.90. The van der Waals surface area contributed by atoms with Gasteiger partial charge in [0.25, 0.3) is 0 Å². The molecule has 0 amide bonds. The van der Waals surface area contributed by atoms with Crippen LogP contribution in [0.3, 0.4) is 0 Å². The lowest BCUT2D eigenvalue weighted by atomic mass is 9.83. The highest BCUT2D eigenvalue weighted by Crippen LogP contribution is 2.38. The fourth-order valence-electron chi connectivity index (χ4n) is 4.42. The zero-order valence-electron chi connectivity index (χ0n) is 21.0. The van der Waals surface area contributed by atoms with Crippen molar-refractivity contribution in [3.63, 3.8) is 0 Å². The molecule has 3 nitrogen and oxygen atoms in total. The van der Waals surface area contributed by atoms with Crippen LogP contribution >= 0.6 is 0 Å². The van der Waals surface area contributed by atoms with Gasteiger partial charge in [-0.25, -0.2) is 0 Å². The smallest absolute Gasteiger partial charge is 0.0652 e. The van der Waals surface area contributed by atoms with E-state index in [0.717, 1.165) is 25.3 Å². The van der Waals surface area contributed by atoms with E-state index in [1.165, 1.54) is 44.8 Å². The standard InChI is InChI=1S/C31H35N3/c1-6-32-30-22-21-29(27-11-9-10-12-28(27)30)31(23-13-17-25(18-14-23)33(4)7-2)24-15-19-26(20-16-24)34(5)8-3/h9-22H,6-8H2,1-5H3. The van der Waals surface area contributed by atoms with E-state index >= 15 is 0 Å². The Bertz CT molecular complexity index is 1160. The lowest BCUT2D eigenvalue weighted by molar-refractivity contribution is 0.968. The lowest BCUT2D eigenvalue weighted by Crippen LogP contribution is -2.15. The van der Waals surface area contributed by atoms with Gasteiger partial charge in [-0.1, -0.05) is 54.6 Å². The van der Waals surface area contributed by atoms with Crippen molar-refractivity contribution in [1.82, 2.24) is 0 Å². The van der Waals surface area contributed by atoms with Crippen molar-refractivity contribution in [3.05, 3.63) is 107 Å². The zero-order valence-corrected chi connectivity index (χ0v) is 21.0. The summed E-state index contributed by atoms with van der Waals surface area (Å²) in [7, 11) is 4.26. The van der Waals surface area contributed by atoms with Gasteiger partial charge in [0, 0.05) is 50.7 Å². The number of rotatable bonds is 7. The molecule has 4 rings (SSSR count). The van der Waals surface area contributed by atoms with Crippen molar-refractivity contribution < 1.29 is 0 Å². The minimum Gasteiger partial charge on any atom is -0.375 e. The number of aliphatic imine (C=N–C) groups is 1. The first-order valence-corrected chi connectivity index (χ1v) is 12.3. The molecule has 34 heavy (non-hydrogen) atoms. The van der Waals surface area contributed by atoms with Gasteiger partial charge in [0.05, 0.1) is 5.71 Å². The first kappa shape index (κ1) is 23.6. The van der Waals surface area contributed by atoms with E-state index in [1.54, 1.807) is 0 Å². The number of fused-ring (bicyclic) bond motifs is 1. The topological polar surface area (TPSA) is 18.8 Å². The highest BCUT2D eigenvalue weighted by Gasteiger charge is 2.20. The molecule has 0 aliphatic heterocycles. The maximum absolute atomic E-state index is 4.74. The van der Waals surface area contributed by atoms with Gasteiger partial charge in [-0.15, -0.1) is 0 Å². The third-order valence-corrected chi connectivity index (χ3v) is 6.64. The van der Waals surface area contributed by atoms with Crippen LogP contribution in [0.1, 0.15) is 43.0 Å². The quantitative estimate of drug-likeness (QED) is 0.389. The summed E-state index contributed by atoms with van der Waals surface area (Å²) in [5.41, 5.74) is 10.9. The summed E-state index contributed by atoms with van der Waals surface area (Å²) in [6, 6.07) is 26.5. The van der Waals surface area contributed by atoms with Crippen LogP contribution in [-0.2, 0) is 0 Å². The number of nitrogens with zero attached hydrogens (tertiary/aromatic N) is 3. The Balaban J connectivity index is 1.92. The average molecular weight is 450 g/mol. The second-order valence-corrected chi connectivity index (χ2v) is 8.65. The second-order valence-electron chi connectivity index (χ2n) is 8.65. The van der Waals surface area contributed by atoms with Crippen LogP contribution in [0.15, 0.2) is 89.9 Å². The molecule has 0 bridgehead atoms. The fourth-order valence-corrected chi connectivity index (χ4v) is 4.42. The summed E-state index contributed by atoms with van der Waals surface area (Å²) in [5.74, 6) is 0. The summed E-state index contributed by atoms with van der Waals surface area (Å²) in [6.45, 7) is 9.18. The largest absolute Gasteiger partial charge is 0.375 e. The summed E-state index contributed by atoms with van der Waals surface area (Å²) in [4.78, 5) is 9.26. The Morgan fingerprint density at radius 2 is 1.15 bits per heavy atom. The van der Waals surface area contributed by atoms with E-state index in [-0.39, 0.29) is 0 Å². The fraction of sp³-hybridized carbons (Fsp3) is 0.258. The van der Waals surface area contributed by atoms with E-state index in [2.05, 4.69) is 130 Å². The Morgan fingerprint density at radius 1 is 0.647 bits per heavy atom. The first-order valence-electron chi connectivity index (χ1n) is 12.3. The van der Waals surface area contributed by atoms with Crippen molar-refractivity contribution in [2.24, 2.45) is 4.99 Å². The Morgan fingerprint density at radius 3 is 1.62 bits per heavy atom. The van der Waals surface area contributed by atoms with Crippen LogP contribution < -0.4 is 9.80 Å². The molecule has 0 unspecified atom stereocenters. The summed E-state index contributed by atoms with van der Waals surface area (Å²) in [6.07, 6.45) is 4.41. The van der Waals surface area contributed by atoms with E-state index in [1.807, 2.05) is 0 Å². The minimum absolute atomic E-state index is 0.777. The molecular formula is C31H35N3. The lowest BCUT2D eigenvalue weighted by Gasteiger charge is -2.23. The van der Waals surface area contributed by atoms with Gasteiger partial charge in [-0.3, -0.25) is 4.99 Å². The predicted molar refractivity (Wildman–Crippen MR) is 149 cm³/mol. The Hall–Kier alpha value is -3.59. The maximum Gasteiger partial charge on any atom is 0.0652 e. The van der Waals surface area contributed by atoms with Crippen LogP contribution in [0.5, 0.6) is 0 Å². The maximum atomic E-state index is 4.74. The van der Waals surface area contributed by atoms with Gasteiger partial charge in [-0.2, -0.15) is 0 Å². The van der Waals surface area contributed by atoms with E-state index < -0.39 is 0 Å². The Kier molecular flexibility index (Phi) is 7.32. The monoisotopic (exact) mass is 449 g/mol. The normalized spacial score (nSPS) is 13.7. The molecular weight excluding hydrogens is 414 g/mol. The summed E-state index contributed by atoms with van der Waals surface area (Å²) >= 11 is 0. The van der Waals surface area contributed by atoms with Gasteiger partial charge in [0.2, 0.25) is 0 Å². The molecule has 3 aromatic rings. The van der Waals surface area contributed by atoms with Crippen molar-refractivity contribution >= 4 is 28.2 Å². The van der Waals surface area contributed by atoms with Crippen molar-refractivity contribution in [3.8, 4) is 0 Å². The molecule has 1 aliphatic carbocycles. The molecule has 0 saturated carbocycles. The van der Waals surface area contributed by atoms with Gasteiger partial charge < -0.3 is 9.80 Å².